The summed E-state index contributed by atoms with van der Waals surface area (Å²) in [5.74, 6) is -1.55. The van der Waals surface area contributed by atoms with Crippen molar-refractivity contribution in [1.29, 1.82) is 0 Å². The van der Waals surface area contributed by atoms with E-state index in [0.717, 1.165) is 12.1 Å². The van der Waals surface area contributed by atoms with Crippen LogP contribution in [-0.2, 0) is 0 Å². The van der Waals surface area contributed by atoms with Gasteiger partial charge in [0.15, 0.2) is 0 Å². The summed E-state index contributed by atoms with van der Waals surface area (Å²) in [6.45, 7) is -0.514. The molecule has 0 saturated heterocycles. The van der Waals surface area contributed by atoms with E-state index in [9.17, 15) is 8.78 Å². The van der Waals surface area contributed by atoms with Crippen molar-refractivity contribution < 1.29 is 18.6 Å². The van der Waals surface area contributed by atoms with Crippen LogP contribution in [0.4, 0.5) is 8.78 Å². The molecule has 14 heavy (non-hydrogen) atoms. The first-order valence-corrected chi connectivity index (χ1v) is 3.99. The van der Waals surface area contributed by atoms with Gasteiger partial charge in [-0.25, -0.2) is 8.78 Å². The molecule has 0 bridgehead atoms. The average molecular weight is 203 g/mol. The number of aliphatic hydroxyl groups is 1. The van der Waals surface area contributed by atoms with Crippen molar-refractivity contribution in [3.05, 3.63) is 29.3 Å². The second-order valence-corrected chi connectivity index (χ2v) is 2.79. The van der Waals surface area contributed by atoms with E-state index in [1.165, 1.54) is 7.11 Å². The Morgan fingerprint density at radius 1 is 1.43 bits per heavy atom. The maximum absolute atomic E-state index is 13.2. The van der Waals surface area contributed by atoms with Gasteiger partial charge in [-0.3, -0.25) is 0 Å². The standard InChI is InChI=1S/C9H11F2NO2/c1-14-5-2-6(10)9(7(11)3-5)8(12)4-13/h2-3,8,13H,4,12H2,1H3/t8-/m0/s1. The van der Waals surface area contributed by atoms with Crippen LogP contribution in [0.5, 0.6) is 5.75 Å². The summed E-state index contributed by atoms with van der Waals surface area (Å²) in [5.41, 5.74) is 4.99. The summed E-state index contributed by atoms with van der Waals surface area (Å²) in [6, 6.07) is 0.989. The predicted octanol–water partition coefficient (Wildman–Crippen LogP) is 0.966. The average Bonchev–Trinajstić information content (AvgIpc) is 2.16. The van der Waals surface area contributed by atoms with Gasteiger partial charge in [-0.2, -0.15) is 0 Å². The Balaban J connectivity index is 3.18. The van der Waals surface area contributed by atoms with E-state index in [0.29, 0.717) is 0 Å². The third-order valence-corrected chi connectivity index (χ3v) is 1.86. The molecular formula is C9H11F2NO2. The fraction of sp³-hybridized carbons (Fsp3) is 0.333. The molecule has 1 aromatic carbocycles. The monoisotopic (exact) mass is 203 g/mol. The fourth-order valence-corrected chi connectivity index (χ4v) is 1.12. The number of ether oxygens (including phenoxy) is 1. The zero-order chi connectivity index (χ0) is 10.7. The number of benzene rings is 1. The van der Waals surface area contributed by atoms with Gasteiger partial charge in [0.1, 0.15) is 17.4 Å². The second-order valence-electron chi connectivity index (χ2n) is 2.79. The van der Waals surface area contributed by atoms with Crippen molar-refractivity contribution in [2.24, 2.45) is 5.73 Å². The van der Waals surface area contributed by atoms with Crippen LogP contribution in [0.2, 0.25) is 0 Å². The van der Waals surface area contributed by atoms with Crippen molar-refractivity contribution in [2.75, 3.05) is 13.7 Å². The third kappa shape index (κ3) is 2.00. The molecule has 0 fully saturated rings. The van der Waals surface area contributed by atoms with Crippen LogP contribution >= 0.6 is 0 Å². The summed E-state index contributed by atoms with van der Waals surface area (Å²) >= 11 is 0. The Labute approximate surface area is 80.1 Å². The SMILES string of the molecule is COc1cc(F)c([C@@H](N)CO)c(F)c1. The molecule has 78 valence electrons. The first kappa shape index (κ1) is 10.9. The minimum atomic E-state index is -1.05. The third-order valence-electron chi connectivity index (χ3n) is 1.86. The molecule has 1 rings (SSSR count). The van der Waals surface area contributed by atoms with Gasteiger partial charge in [-0.1, -0.05) is 0 Å². The molecule has 1 aromatic rings. The van der Waals surface area contributed by atoms with E-state index in [1.807, 2.05) is 0 Å². The number of nitrogens with two attached hydrogens (primary N) is 1. The van der Waals surface area contributed by atoms with Gasteiger partial charge in [0.2, 0.25) is 0 Å². The van der Waals surface area contributed by atoms with Crippen LogP contribution in [0.1, 0.15) is 11.6 Å². The highest BCUT2D eigenvalue weighted by molar-refractivity contribution is 5.32. The van der Waals surface area contributed by atoms with Crippen molar-refractivity contribution in [3.8, 4) is 5.75 Å². The summed E-state index contributed by atoms with van der Waals surface area (Å²) in [7, 11) is 1.31. The lowest BCUT2D eigenvalue weighted by Gasteiger charge is -2.12. The van der Waals surface area contributed by atoms with E-state index < -0.39 is 24.3 Å². The Morgan fingerprint density at radius 2 is 1.93 bits per heavy atom. The van der Waals surface area contributed by atoms with Crippen LogP contribution in [-0.4, -0.2) is 18.8 Å². The molecule has 0 aliphatic rings. The van der Waals surface area contributed by atoms with E-state index in [4.69, 9.17) is 10.8 Å². The van der Waals surface area contributed by atoms with Crippen molar-refractivity contribution in [1.82, 2.24) is 0 Å². The first-order valence-electron chi connectivity index (χ1n) is 3.99. The maximum atomic E-state index is 13.2. The quantitative estimate of drug-likeness (QED) is 0.769. The molecule has 0 aliphatic heterocycles. The highest BCUT2D eigenvalue weighted by Crippen LogP contribution is 2.24. The zero-order valence-corrected chi connectivity index (χ0v) is 7.63. The van der Waals surface area contributed by atoms with Gasteiger partial charge >= 0.3 is 0 Å². The van der Waals surface area contributed by atoms with Crippen molar-refractivity contribution in [2.45, 2.75) is 6.04 Å². The van der Waals surface area contributed by atoms with Crippen LogP contribution in [0.25, 0.3) is 0 Å². The molecule has 1 atom stereocenters. The fourth-order valence-electron chi connectivity index (χ4n) is 1.12. The van der Waals surface area contributed by atoms with E-state index >= 15 is 0 Å². The van der Waals surface area contributed by atoms with Gasteiger partial charge in [0.05, 0.1) is 19.8 Å². The Bertz CT molecular complexity index is 308. The summed E-state index contributed by atoms with van der Waals surface area (Å²) in [6.07, 6.45) is 0. The normalized spacial score (nSPS) is 12.6. The molecule has 0 spiro atoms. The number of aliphatic hydroxyl groups excluding tert-OH is 1. The minimum absolute atomic E-state index is 0.0777. The molecule has 0 aliphatic carbocycles. The Hall–Kier alpha value is -1.20. The molecule has 0 amide bonds. The number of rotatable bonds is 3. The number of hydrogen-bond donors (Lipinski definition) is 2. The largest absolute Gasteiger partial charge is 0.497 e. The minimum Gasteiger partial charge on any atom is -0.497 e. The van der Waals surface area contributed by atoms with E-state index in [2.05, 4.69) is 4.74 Å². The molecular weight excluding hydrogens is 192 g/mol. The number of methoxy groups -OCH3 is 1. The highest BCUT2D eigenvalue weighted by atomic mass is 19.1. The first-order chi connectivity index (χ1) is 6.60. The van der Waals surface area contributed by atoms with Gasteiger partial charge in [0, 0.05) is 17.7 Å². The highest BCUT2D eigenvalue weighted by Gasteiger charge is 2.17. The molecule has 3 nitrogen and oxygen atoms in total. The predicted molar refractivity (Wildman–Crippen MR) is 46.9 cm³/mol. The van der Waals surface area contributed by atoms with Gasteiger partial charge < -0.3 is 15.6 Å². The molecule has 0 unspecified atom stereocenters. The number of halogens is 2. The molecule has 0 saturated carbocycles. The molecule has 3 N–H and O–H groups in total. The molecule has 5 heteroatoms. The molecule has 0 aromatic heterocycles. The summed E-state index contributed by atoms with van der Waals surface area (Å²) in [5, 5.41) is 8.67. The van der Waals surface area contributed by atoms with E-state index in [-0.39, 0.29) is 11.3 Å². The Morgan fingerprint density at radius 3 is 2.29 bits per heavy atom. The van der Waals surface area contributed by atoms with Gasteiger partial charge in [0.25, 0.3) is 0 Å². The van der Waals surface area contributed by atoms with Gasteiger partial charge in [-0.05, 0) is 0 Å². The van der Waals surface area contributed by atoms with Crippen LogP contribution in [0, 0.1) is 11.6 Å². The molecule has 0 radical (unpaired) electrons. The zero-order valence-electron chi connectivity index (χ0n) is 7.63. The summed E-state index contributed by atoms with van der Waals surface area (Å²) < 4.78 is 31.1. The lowest BCUT2D eigenvalue weighted by Crippen LogP contribution is -2.18. The lowest BCUT2D eigenvalue weighted by atomic mass is 10.1. The van der Waals surface area contributed by atoms with Crippen LogP contribution in [0.3, 0.4) is 0 Å². The maximum Gasteiger partial charge on any atom is 0.134 e. The summed E-state index contributed by atoms with van der Waals surface area (Å²) in [4.78, 5) is 0. The van der Waals surface area contributed by atoms with Gasteiger partial charge in [-0.15, -0.1) is 0 Å². The number of hydrogen-bond acceptors (Lipinski definition) is 3. The van der Waals surface area contributed by atoms with Crippen molar-refractivity contribution in [3.63, 3.8) is 0 Å². The Kier molecular flexibility index (Phi) is 3.38. The molecule has 0 heterocycles. The second kappa shape index (κ2) is 4.34. The van der Waals surface area contributed by atoms with Crippen molar-refractivity contribution >= 4 is 0 Å². The smallest absolute Gasteiger partial charge is 0.134 e. The van der Waals surface area contributed by atoms with Crippen LogP contribution < -0.4 is 10.5 Å². The topological polar surface area (TPSA) is 55.5 Å². The van der Waals surface area contributed by atoms with Crippen LogP contribution in [0.15, 0.2) is 12.1 Å². The van der Waals surface area contributed by atoms with E-state index in [1.54, 1.807) is 0 Å². The lowest BCUT2D eigenvalue weighted by molar-refractivity contribution is 0.262.